The number of hydrogen-bond donors (Lipinski definition) is 1. The van der Waals surface area contributed by atoms with E-state index < -0.39 is 0 Å². The number of hydrogen-bond acceptors (Lipinski definition) is 1. The van der Waals surface area contributed by atoms with Crippen LogP contribution in [0.3, 0.4) is 0 Å². The number of benzene rings is 1. The molecule has 1 aliphatic rings. The van der Waals surface area contributed by atoms with Crippen molar-refractivity contribution in [2.75, 3.05) is 7.05 Å². The molecule has 0 bridgehead atoms. The van der Waals surface area contributed by atoms with Crippen molar-refractivity contribution >= 4 is 0 Å². The van der Waals surface area contributed by atoms with Crippen LogP contribution in [0.25, 0.3) is 0 Å². The van der Waals surface area contributed by atoms with Crippen molar-refractivity contribution in [3.63, 3.8) is 0 Å². The molecule has 98 valence electrons. The quantitative estimate of drug-likeness (QED) is 0.770. The summed E-state index contributed by atoms with van der Waals surface area (Å²) in [7, 11) is 2.08. The summed E-state index contributed by atoms with van der Waals surface area (Å²) < 4.78 is 0. The highest BCUT2D eigenvalue weighted by Crippen LogP contribution is 2.29. The lowest BCUT2D eigenvalue weighted by Crippen LogP contribution is -2.18. The molecule has 2 rings (SSSR count). The van der Waals surface area contributed by atoms with Crippen LogP contribution in [-0.2, 0) is 0 Å². The molecule has 0 fully saturated rings. The van der Waals surface area contributed by atoms with Gasteiger partial charge in [-0.2, -0.15) is 0 Å². The molecule has 0 radical (unpaired) electrons. The van der Waals surface area contributed by atoms with Gasteiger partial charge in [-0.25, -0.2) is 0 Å². The zero-order valence-corrected chi connectivity index (χ0v) is 11.9. The van der Waals surface area contributed by atoms with Crippen molar-refractivity contribution in [1.29, 1.82) is 0 Å². The Balaban J connectivity index is 2.14. The summed E-state index contributed by atoms with van der Waals surface area (Å²) in [6.45, 7) is 4.39. The fourth-order valence-electron chi connectivity index (χ4n) is 2.94. The van der Waals surface area contributed by atoms with Crippen molar-refractivity contribution in [1.82, 2.24) is 5.32 Å². The number of aryl methyl sites for hydroxylation is 2. The van der Waals surface area contributed by atoms with Crippen molar-refractivity contribution < 1.29 is 0 Å². The zero-order chi connectivity index (χ0) is 13.0. The maximum Gasteiger partial charge on any atom is 0.0357 e. The van der Waals surface area contributed by atoms with Crippen LogP contribution >= 0.6 is 0 Å². The van der Waals surface area contributed by atoms with Gasteiger partial charge in [0.2, 0.25) is 0 Å². The molecule has 0 heterocycles. The van der Waals surface area contributed by atoms with E-state index in [0.717, 1.165) is 0 Å². The Morgan fingerprint density at radius 1 is 1.22 bits per heavy atom. The minimum absolute atomic E-state index is 0.468. The molecule has 0 saturated heterocycles. The molecule has 0 spiro atoms. The van der Waals surface area contributed by atoms with Crippen molar-refractivity contribution in [3.05, 3.63) is 46.5 Å². The Bertz CT molecular complexity index is 431. The summed E-state index contributed by atoms with van der Waals surface area (Å²) in [5.41, 5.74) is 5.85. The normalized spacial score (nSPS) is 17.4. The van der Waals surface area contributed by atoms with Crippen LogP contribution in [0.1, 0.15) is 54.8 Å². The number of rotatable bonds is 4. The molecule has 1 aromatic carbocycles. The Morgan fingerprint density at radius 2 is 2.06 bits per heavy atom. The van der Waals surface area contributed by atoms with Crippen LogP contribution in [-0.4, -0.2) is 7.05 Å². The molecule has 0 aliphatic heterocycles. The van der Waals surface area contributed by atoms with E-state index in [4.69, 9.17) is 0 Å². The Kier molecular flexibility index (Phi) is 4.60. The third-order valence-electron chi connectivity index (χ3n) is 4.00. The van der Waals surface area contributed by atoms with Crippen molar-refractivity contribution in [2.24, 2.45) is 0 Å². The number of nitrogens with one attached hydrogen (secondary N) is 1. The SMILES string of the molecule is CNC(CC1=CCCCC1)c1ccc(C)cc1C. The molecule has 1 nitrogen and oxygen atoms in total. The largest absolute Gasteiger partial charge is 0.313 e. The summed E-state index contributed by atoms with van der Waals surface area (Å²) in [6, 6.07) is 7.27. The highest BCUT2D eigenvalue weighted by Gasteiger charge is 2.15. The molecular weight excluding hydrogens is 218 g/mol. The highest BCUT2D eigenvalue weighted by atomic mass is 14.9. The van der Waals surface area contributed by atoms with Gasteiger partial charge in [-0.1, -0.05) is 35.4 Å². The summed E-state index contributed by atoms with van der Waals surface area (Å²) in [5, 5.41) is 3.49. The maximum absolute atomic E-state index is 3.49. The molecule has 1 unspecified atom stereocenters. The van der Waals surface area contributed by atoms with E-state index in [2.05, 4.69) is 50.5 Å². The monoisotopic (exact) mass is 243 g/mol. The van der Waals surface area contributed by atoms with E-state index >= 15 is 0 Å². The van der Waals surface area contributed by atoms with Gasteiger partial charge in [-0.3, -0.25) is 0 Å². The first-order valence-corrected chi connectivity index (χ1v) is 7.13. The summed E-state index contributed by atoms with van der Waals surface area (Å²) in [6.07, 6.45) is 8.94. The smallest absolute Gasteiger partial charge is 0.0357 e. The van der Waals surface area contributed by atoms with Crippen LogP contribution in [0.4, 0.5) is 0 Å². The predicted octanol–water partition coefficient (Wildman–Crippen LogP) is 4.45. The van der Waals surface area contributed by atoms with E-state index in [0.29, 0.717) is 6.04 Å². The first-order chi connectivity index (χ1) is 8.70. The molecular formula is C17H25N. The fourth-order valence-corrected chi connectivity index (χ4v) is 2.94. The van der Waals surface area contributed by atoms with Gasteiger partial charge in [-0.05, 0) is 64.1 Å². The minimum Gasteiger partial charge on any atom is -0.313 e. The molecule has 18 heavy (non-hydrogen) atoms. The van der Waals surface area contributed by atoms with Gasteiger partial charge in [-0.15, -0.1) is 0 Å². The highest BCUT2D eigenvalue weighted by molar-refractivity contribution is 5.33. The van der Waals surface area contributed by atoms with Gasteiger partial charge < -0.3 is 5.32 Å². The summed E-state index contributed by atoms with van der Waals surface area (Å²) >= 11 is 0. The topological polar surface area (TPSA) is 12.0 Å². The van der Waals surface area contributed by atoms with Crippen LogP contribution in [0.5, 0.6) is 0 Å². The molecule has 1 aromatic rings. The van der Waals surface area contributed by atoms with Crippen molar-refractivity contribution in [2.45, 2.75) is 52.0 Å². The molecule has 1 N–H and O–H groups in total. The van der Waals surface area contributed by atoms with Crippen LogP contribution in [0, 0.1) is 13.8 Å². The van der Waals surface area contributed by atoms with Crippen LogP contribution < -0.4 is 5.32 Å². The first-order valence-electron chi connectivity index (χ1n) is 7.13. The van der Waals surface area contributed by atoms with E-state index in [1.165, 1.54) is 48.8 Å². The first kappa shape index (κ1) is 13.4. The zero-order valence-electron chi connectivity index (χ0n) is 11.9. The van der Waals surface area contributed by atoms with Crippen LogP contribution in [0.2, 0.25) is 0 Å². The second kappa shape index (κ2) is 6.19. The lowest BCUT2D eigenvalue weighted by Gasteiger charge is -2.22. The molecule has 1 aliphatic carbocycles. The molecule has 1 heteroatoms. The van der Waals surface area contributed by atoms with E-state index in [1.54, 1.807) is 5.57 Å². The Labute approximate surface area is 111 Å². The second-order valence-electron chi connectivity index (χ2n) is 5.51. The van der Waals surface area contributed by atoms with Gasteiger partial charge >= 0.3 is 0 Å². The third-order valence-corrected chi connectivity index (χ3v) is 4.00. The Hall–Kier alpha value is -1.08. The average molecular weight is 243 g/mol. The standard InChI is InChI=1S/C17H25N/c1-13-9-10-16(14(2)11-13)17(18-3)12-15-7-5-4-6-8-15/h7,9-11,17-18H,4-6,8,12H2,1-3H3. The Morgan fingerprint density at radius 3 is 2.67 bits per heavy atom. The maximum atomic E-state index is 3.49. The molecule has 0 saturated carbocycles. The van der Waals surface area contributed by atoms with Gasteiger partial charge in [0, 0.05) is 6.04 Å². The fraction of sp³-hybridized carbons (Fsp3) is 0.529. The number of allylic oxidation sites excluding steroid dienone is 1. The van der Waals surface area contributed by atoms with Crippen LogP contribution in [0.15, 0.2) is 29.8 Å². The summed E-state index contributed by atoms with van der Waals surface area (Å²) in [4.78, 5) is 0. The van der Waals surface area contributed by atoms with Gasteiger partial charge in [0.15, 0.2) is 0 Å². The van der Waals surface area contributed by atoms with E-state index in [-0.39, 0.29) is 0 Å². The van der Waals surface area contributed by atoms with Gasteiger partial charge in [0.05, 0.1) is 0 Å². The van der Waals surface area contributed by atoms with E-state index in [1.807, 2.05) is 0 Å². The third kappa shape index (κ3) is 3.23. The van der Waals surface area contributed by atoms with Gasteiger partial charge in [0.1, 0.15) is 0 Å². The lowest BCUT2D eigenvalue weighted by atomic mass is 9.89. The van der Waals surface area contributed by atoms with Gasteiger partial charge in [0.25, 0.3) is 0 Å². The van der Waals surface area contributed by atoms with E-state index in [9.17, 15) is 0 Å². The molecule has 0 amide bonds. The predicted molar refractivity (Wildman–Crippen MR) is 78.9 cm³/mol. The average Bonchev–Trinajstić information content (AvgIpc) is 2.38. The van der Waals surface area contributed by atoms with Crippen molar-refractivity contribution in [3.8, 4) is 0 Å². The molecule has 1 atom stereocenters. The summed E-state index contributed by atoms with van der Waals surface area (Å²) in [5.74, 6) is 0. The second-order valence-corrected chi connectivity index (χ2v) is 5.51. The minimum atomic E-state index is 0.468. The lowest BCUT2D eigenvalue weighted by molar-refractivity contribution is 0.556. The molecule has 0 aromatic heterocycles.